The number of carbonyl (C=O) groups excluding carboxylic acids is 2. The second-order valence-electron chi connectivity index (χ2n) is 6.99. The van der Waals surface area contributed by atoms with Gasteiger partial charge in [-0.15, -0.1) is 0 Å². The highest BCUT2D eigenvalue weighted by molar-refractivity contribution is 7.89. The van der Waals surface area contributed by atoms with E-state index in [-0.39, 0.29) is 36.2 Å². The molecule has 3 rings (SSSR count). The van der Waals surface area contributed by atoms with Crippen LogP contribution in [-0.4, -0.2) is 49.2 Å². The molecule has 0 saturated carbocycles. The van der Waals surface area contributed by atoms with Crippen molar-refractivity contribution in [3.05, 3.63) is 54.6 Å². The molecule has 160 valence electrons. The number of hydrogen-bond acceptors (Lipinski definition) is 5. The van der Waals surface area contributed by atoms with E-state index >= 15 is 0 Å². The summed E-state index contributed by atoms with van der Waals surface area (Å²) in [6.45, 7) is 0.497. The quantitative estimate of drug-likeness (QED) is 0.690. The molecule has 8 nitrogen and oxygen atoms in total. The fourth-order valence-corrected chi connectivity index (χ4v) is 4.76. The van der Waals surface area contributed by atoms with Crippen molar-refractivity contribution >= 4 is 27.5 Å². The number of amides is 2. The third kappa shape index (κ3) is 5.61. The number of halogens is 1. The molecule has 1 aromatic heterocycles. The van der Waals surface area contributed by atoms with E-state index in [2.05, 4.69) is 15.6 Å². The molecule has 1 aliphatic rings. The highest BCUT2D eigenvalue weighted by atomic mass is 32.2. The first-order valence-electron chi connectivity index (χ1n) is 9.59. The lowest BCUT2D eigenvalue weighted by Crippen LogP contribution is -2.45. The molecule has 2 aromatic rings. The van der Waals surface area contributed by atoms with Crippen LogP contribution in [0.25, 0.3) is 0 Å². The van der Waals surface area contributed by atoms with Gasteiger partial charge >= 0.3 is 0 Å². The largest absolute Gasteiger partial charge is 0.355 e. The first kappa shape index (κ1) is 21.8. The summed E-state index contributed by atoms with van der Waals surface area (Å²) in [5.41, 5.74) is 0.572. The molecule has 0 bridgehead atoms. The van der Waals surface area contributed by atoms with Crippen molar-refractivity contribution < 1.29 is 22.4 Å². The van der Waals surface area contributed by atoms with Crippen LogP contribution in [0.3, 0.4) is 0 Å². The maximum absolute atomic E-state index is 13.1. The molecule has 2 N–H and O–H groups in total. The monoisotopic (exact) mass is 434 g/mol. The molecule has 1 aromatic carbocycles. The number of benzene rings is 1. The first-order valence-corrected chi connectivity index (χ1v) is 11.0. The van der Waals surface area contributed by atoms with E-state index < -0.39 is 21.8 Å². The summed E-state index contributed by atoms with van der Waals surface area (Å²) in [5.74, 6) is -1.57. The molecular formula is C20H23FN4O4S. The molecule has 30 heavy (non-hydrogen) atoms. The first-order chi connectivity index (χ1) is 14.4. The number of piperidine rings is 1. The maximum atomic E-state index is 13.1. The van der Waals surface area contributed by atoms with Gasteiger partial charge in [-0.3, -0.25) is 14.6 Å². The highest BCUT2D eigenvalue weighted by Crippen LogP contribution is 2.24. The van der Waals surface area contributed by atoms with Crippen molar-refractivity contribution in [3.63, 3.8) is 0 Å². The van der Waals surface area contributed by atoms with E-state index in [9.17, 15) is 22.4 Å². The van der Waals surface area contributed by atoms with Gasteiger partial charge in [-0.25, -0.2) is 12.8 Å². The summed E-state index contributed by atoms with van der Waals surface area (Å²) in [7, 11) is -3.80. The predicted octanol–water partition coefficient (Wildman–Crippen LogP) is 1.77. The summed E-state index contributed by atoms with van der Waals surface area (Å²) in [6, 6.07) is 8.04. The lowest BCUT2D eigenvalue weighted by Gasteiger charge is -2.31. The summed E-state index contributed by atoms with van der Waals surface area (Å²) in [5, 5.41) is 5.38. The molecule has 1 fully saturated rings. The standard InChI is InChI=1S/C20H23FN4O4S/c21-16-5-7-18(8-6-16)30(28,29)25-12-2-3-15(14-25)20(27)23-11-9-19(26)24-17-4-1-10-22-13-17/h1,4-8,10,13,15H,2-3,9,11-12,14H2,(H,23,27)(H,24,26). The van der Waals surface area contributed by atoms with E-state index in [1.165, 1.54) is 22.6 Å². The van der Waals surface area contributed by atoms with Crippen molar-refractivity contribution in [1.82, 2.24) is 14.6 Å². The number of anilines is 1. The van der Waals surface area contributed by atoms with Crippen LogP contribution in [0.2, 0.25) is 0 Å². The second kappa shape index (κ2) is 9.77. The highest BCUT2D eigenvalue weighted by Gasteiger charge is 2.33. The number of pyridine rings is 1. The normalized spacial score (nSPS) is 17.3. The fraction of sp³-hybridized carbons (Fsp3) is 0.350. The van der Waals surface area contributed by atoms with E-state index in [4.69, 9.17) is 0 Å². The molecule has 0 spiro atoms. The molecular weight excluding hydrogens is 411 g/mol. The molecule has 1 unspecified atom stereocenters. The Hall–Kier alpha value is -2.85. The average molecular weight is 434 g/mol. The van der Waals surface area contributed by atoms with Crippen LogP contribution >= 0.6 is 0 Å². The van der Waals surface area contributed by atoms with Crippen LogP contribution in [0.4, 0.5) is 10.1 Å². The van der Waals surface area contributed by atoms with E-state index in [1.54, 1.807) is 18.3 Å². The average Bonchev–Trinajstić information content (AvgIpc) is 2.75. The Morgan fingerprint density at radius 3 is 2.67 bits per heavy atom. The SMILES string of the molecule is O=C(CCNC(=O)C1CCCN(S(=O)(=O)c2ccc(F)cc2)C1)Nc1cccnc1. The molecule has 10 heteroatoms. The molecule has 0 radical (unpaired) electrons. The van der Waals surface area contributed by atoms with Gasteiger partial charge in [0.2, 0.25) is 21.8 Å². The summed E-state index contributed by atoms with van der Waals surface area (Å²) >= 11 is 0. The zero-order valence-corrected chi connectivity index (χ0v) is 17.1. The second-order valence-corrected chi connectivity index (χ2v) is 8.92. The van der Waals surface area contributed by atoms with Crippen molar-refractivity contribution in [3.8, 4) is 0 Å². The molecule has 0 aliphatic carbocycles. The summed E-state index contributed by atoms with van der Waals surface area (Å²) < 4.78 is 39.9. The molecule has 1 atom stereocenters. The van der Waals surface area contributed by atoms with Gasteiger partial charge in [0, 0.05) is 32.3 Å². The van der Waals surface area contributed by atoms with Gasteiger partial charge in [-0.1, -0.05) is 0 Å². The van der Waals surface area contributed by atoms with Crippen LogP contribution in [0.1, 0.15) is 19.3 Å². The molecule has 1 aliphatic heterocycles. The van der Waals surface area contributed by atoms with Crippen molar-refractivity contribution in [2.75, 3.05) is 25.0 Å². The number of rotatable bonds is 7. The number of aromatic nitrogens is 1. The van der Waals surface area contributed by atoms with Crippen molar-refractivity contribution in [2.24, 2.45) is 5.92 Å². The Kier molecular flexibility index (Phi) is 7.11. The van der Waals surface area contributed by atoms with Crippen LogP contribution < -0.4 is 10.6 Å². The fourth-order valence-electron chi connectivity index (χ4n) is 3.23. The summed E-state index contributed by atoms with van der Waals surface area (Å²) in [6.07, 6.45) is 4.31. The maximum Gasteiger partial charge on any atom is 0.243 e. The van der Waals surface area contributed by atoms with Gasteiger partial charge < -0.3 is 10.6 Å². The van der Waals surface area contributed by atoms with Crippen LogP contribution in [-0.2, 0) is 19.6 Å². The Labute approximate surface area is 174 Å². The van der Waals surface area contributed by atoms with Gasteiger partial charge in [0.15, 0.2) is 0 Å². The topological polar surface area (TPSA) is 108 Å². The van der Waals surface area contributed by atoms with Gasteiger partial charge in [-0.2, -0.15) is 4.31 Å². The Balaban J connectivity index is 1.50. The minimum absolute atomic E-state index is 0.00275. The Morgan fingerprint density at radius 2 is 1.97 bits per heavy atom. The van der Waals surface area contributed by atoms with E-state index in [1.807, 2.05) is 0 Å². The number of hydrogen-bond donors (Lipinski definition) is 2. The van der Waals surface area contributed by atoms with Crippen LogP contribution in [0, 0.1) is 11.7 Å². The van der Waals surface area contributed by atoms with Crippen LogP contribution in [0.15, 0.2) is 53.7 Å². The zero-order chi connectivity index (χ0) is 21.6. The van der Waals surface area contributed by atoms with E-state index in [0.29, 0.717) is 25.1 Å². The lowest BCUT2D eigenvalue weighted by atomic mass is 9.99. The third-order valence-electron chi connectivity index (χ3n) is 4.80. The lowest BCUT2D eigenvalue weighted by molar-refractivity contribution is -0.126. The molecule has 2 amide bonds. The third-order valence-corrected chi connectivity index (χ3v) is 6.68. The summed E-state index contributed by atoms with van der Waals surface area (Å²) in [4.78, 5) is 28.3. The van der Waals surface area contributed by atoms with E-state index in [0.717, 1.165) is 12.1 Å². The van der Waals surface area contributed by atoms with Crippen molar-refractivity contribution in [2.45, 2.75) is 24.2 Å². The Morgan fingerprint density at radius 1 is 1.20 bits per heavy atom. The van der Waals surface area contributed by atoms with Gasteiger partial charge in [0.25, 0.3) is 0 Å². The van der Waals surface area contributed by atoms with Gasteiger partial charge in [0.1, 0.15) is 5.82 Å². The number of sulfonamides is 1. The smallest absolute Gasteiger partial charge is 0.243 e. The Bertz CT molecular complexity index is 984. The predicted molar refractivity (Wildman–Crippen MR) is 108 cm³/mol. The molecule has 2 heterocycles. The number of nitrogens with zero attached hydrogens (tertiary/aromatic N) is 2. The zero-order valence-electron chi connectivity index (χ0n) is 16.3. The van der Waals surface area contributed by atoms with Gasteiger partial charge in [0.05, 0.1) is 22.7 Å². The number of carbonyl (C=O) groups is 2. The number of nitrogens with one attached hydrogen (secondary N) is 2. The molecule has 1 saturated heterocycles. The van der Waals surface area contributed by atoms with Crippen molar-refractivity contribution in [1.29, 1.82) is 0 Å². The van der Waals surface area contributed by atoms with Gasteiger partial charge in [-0.05, 0) is 49.2 Å². The van der Waals surface area contributed by atoms with Crippen LogP contribution in [0.5, 0.6) is 0 Å². The minimum atomic E-state index is -3.80. The minimum Gasteiger partial charge on any atom is -0.355 e.